The Labute approximate surface area is 161 Å². The van der Waals surface area contributed by atoms with Gasteiger partial charge in [0.1, 0.15) is 0 Å². The van der Waals surface area contributed by atoms with Gasteiger partial charge in [0.25, 0.3) is 11.2 Å². The highest BCUT2D eigenvalue weighted by atomic mass is 16.6. The van der Waals surface area contributed by atoms with E-state index in [9.17, 15) is 14.9 Å². The third-order valence-electron chi connectivity index (χ3n) is 4.83. The molecule has 0 spiro atoms. The Morgan fingerprint density at radius 3 is 2.43 bits per heavy atom. The molecular weight excluding hydrogens is 352 g/mol. The molecule has 0 atom stereocenters. The van der Waals surface area contributed by atoms with Crippen LogP contribution in [0.15, 0.2) is 83.7 Å². The fraction of sp³-hybridized carbons (Fsp3) is 0.0870. The zero-order valence-corrected chi connectivity index (χ0v) is 15.3. The van der Waals surface area contributed by atoms with Crippen molar-refractivity contribution in [3.8, 4) is 11.1 Å². The molecule has 0 aliphatic rings. The monoisotopic (exact) mass is 370 g/mol. The van der Waals surface area contributed by atoms with Crippen LogP contribution in [0.25, 0.3) is 22.0 Å². The summed E-state index contributed by atoms with van der Waals surface area (Å²) in [7, 11) is 0. The van der Waals surface area contributed by atoms with E-state index in [1.807, 2.05) is 61.5 Å². The number of fused-ring (bicyclic) bond motifs is 1. The molecule has 1 heterocycles. The van der Waals surface area contributed by atoms with Gasteiger partial charge in [0.15, 0.2) is 0 Å². The van der Waals surface area contributed by atoms with Crippen molar-refractivity contribution in [2.75, 3.05) is 0 Å². The molecule has 5 heteroatoms. The average molecular weight is 370 g/mol. The lowest BCUT2D eigenvalue weighted by molar-refractivity contribution is -0.384. The van der Waals surface area contributed by atoms with Crippen LogP contribution >= 0.6 is 0 Å². The smallest absolute Gasteiger partial charge is 0.269 e. The molecule has 0 radical (unpaired) electrons. The van der Waals surface area contributed by atoms with Crippen molar-refractivity contribution in [3.63, 3.8) is 0 Å². The summed E-state index contributed by atoms with van der Waals surface area (Å²) in [5.74, 6) is 0. The summed E-state index contributed by atoms with van der Waals surface area (Å²) in [6.45, 7) is 2.27. The first-order valence-electron chi connectivity index (χ1n) is 8.96. The van der Waals surface area contributed by atoms with Gasteiger partial charge in [-0.25, -0.2) is 0 Å². The third kappa shape index (κ3) is 3.30. The lowest BCUT2D eigenvalue weighted by atomic mass is 10.0. The highest BCUT2D eigenvalue weighted by Crippen LogP contribution is 2.23. The lowest BCUT2D eigenvalue weighted by Crippen LogP contribution is -2.22. The summed E-state index contributed by atoms with van der Waals surface area (Å²) in [5, 5.41) is 12.0. The average Bonchev–Trinajstić information content (AvgIpc) is 2.71. The number of nitrogens with zero attached hydrogens (tertiary/aromatic N) is 2. The first kappa shape index (κ1) is 17.7. The molecule has 28 heavy (non-hydrogen) atoms. The number of aryl methyl sites for hydroxylation is 1. The number of hydrogen-bond donors (Lipinski definition) is 0. The van der Waals surface area contributed by atoms with E-state index in [0.717, 1.165) is 22.0 Å². The van der Waals surface area contributed by atoms with Crippen molar-refractivity contribution in [2.45, 2.75) is 13.5 Å². The number of nitro benzene ring substituents is 1. The summed E-state index contributed by atoms with van der Waals surface area (Å²) in [4.78, 5) is 24.0. The maximum absolute atomic E-state index is 13.3. The van der Waals surface area contributed by atoms with Crippen molar-refractivity contribution in [2.24, 2.45) is 0 Å². The Morgan fingerprint density at radius 1 is 0.929 bits per heavy atom. The first-order chi connectivity index (χ1) is 13.5. The number of para-hydroxylation sites is 1. The molecule has 0 aliphatic carbocycles. The van der Waals surface area contributed by atoms with E-state index in [0.29, 0.717) is 11.1 Å². The van der Waals surface area contributed by atoms with Crippen molar-refractivity contribution in [3.05, 3.63) is 110 Å². The predicted octanol–water partition coefficient (Wildman–Crippen LogP) is 4.93. The SMILES string of the molecule is Cc1ccc(-c2cc3ccccc3n(Cc3cccc([N+](=O)[O-])c3)c2=O)cc1. The second-order valence-corrected chi connectivity index (χ2v) is 6.80. The van der Waals surface area contributed by atoms with Gasteiger partial charge in [-0.15, -0.1) is 0 Å². The summed E-state index contributed by atoms with van der Waals surface area (Å²) < 4.78 is 1.68. The molecule has 0 amide bonds. The normalized spacial score (nSPS) is 10.9. The van der Waals surface area contributed by atoms with Gasteiger partial charge < -0.3 is 4.57 Å². The highest BCUT2D eigenvalue weighted by Gasteiger charge is 2.13. The molecule has 0 bridgehead atoms. The molecule has 3 aromatic carbocycles. The Hall–Kier alpha value is -3.73. The molecular formula is C23H18N2O3. The van der Waals surface area contributed by atoms with Gasteiger partial charge in [-0.2, -0.15) is 0 Å². The molecule has 5 nitrogen and oxygen atoms in total. The van der Waals surface area contributed by atoms with Crippen molar-refractivity contribution >= 4 is 16.6 Å². The number of pyridine rings is 1. The van der Waals surface area contributed by atoms with Crippen molar-refractivity contribution in [1.29, 1.82) is 0 Å². The van der Waals surface area contributed by atoms with Crippen LogP contribution in [-0.4, -0.2) is 9.49 Å². The molecule has 0 fully saturated rings. The van der Waals surface area contributed by atoms with Crippen LogP contribution in [-0.2, 0) is 6.54 Å². The van der Waals surface area contributed by atoms with Crippen LogP contribution in [0.5, 0.6) is 0 Å². The van der Waals surface area contributed by atoms with Crippen LogP contribution in [0.2, 0.25) is 0 Å². The molecule has 0 N–H and O–H groups in total. The highest BCUT2D eigenvalue weighted by molar-refractivity contribution is 5.84. The number of nitro groups is 1. The van der Waals surface area contributed by atoms with Gasteiger partial charge in [-0.05, 0) is 35.6 Å². The van der Waals surface area contributed by atoms with Crippen LogP contribution in [0.4, 0.5) is 5.69 Å². The van der Waals surface area contributed by atoms with E-state index in [-0.39, 0.29) is 17.8 Å². The minimum absolute atomic E-state index is 0.0181. The van der Waals surface area contributed by atoms with Crippen LogP contribution < -0.4 is 5.56 Å². The van der Waals surface area contributed by atoms with Gasteiger partial charge in [0.05, 0.1) is 17.0 Å². The second-order valence-electron chi connectivity index (χ2n) is 6.80. The van der Waals surface area contributed by atoms with Crippen molar-refractivity contribution in [1.82, 2.24) is 4.57 Å². The minimum atomic E-state index is -0.424. The zero-order chi connectivity index (χ0) is 19.7. The van der Waals surface area contributed by atoms with Crippen LogP contribution in [0.1, 0.15) is 11.1 Å². The lowest BCUT2D eigenvalue weighted by Gasteiger charge is -2.13. The Kier molecular flexibility index (Phi) is 4.49. The number of hydrogen-bond acceptors (Lipinski definition) is 3. The van der Waals surface area contributed by atoms with Crippen molar-refractivity contribution < 1.29 is 4.92 Å². The molecule has 0 saturated carbocycles. The fourth-order valence-corrected chi connectivity index (χ4v) is 3.38. The van der Waals surface area contributed by atoms with E-state index in [1.54, 1.807) is 16.7 Å². The van der Waals surface area contributed by atoms with Gasteiger partial charge >= 0.3 is 0 Å². The molecule has 0 aliphatic heterocycles. The van der Waals surface area contributed by atoms with E-state index < -0.39 is 4.92 Å². The zero-order valence-electron chi connectivity index (χ0n) is 15.3. The minimum Gasteiger partial charge on any atom is -0.303 e. The maximum atomic E-state index is 13.3. The molecule has 0 saturated heterocycles. The standard InChI is InChI=1S/C23H18N2O3/c1-16-9-11-18(12-10-16)21-14-19-6-2-3-8-22(19)24(23(21)26)15-17-5-4-7-20(13-17)25(27)28/h2-14H,15H2,1H3. The summed E-state index contributed by atoms with van der Waals surface area (Å²) >= 11 is 0. The second kappa shape index (κ2) is 7.12. The largest absolute Gasteiger partial charge is 0.303 e. The molecule has 4 rings (SSSR count). The van der Waals surface area contributed by atoms with E-state index in [2.05, 4.69) is 0 Å². The maximum Gasteiger partial charge on any atom is 0.269 e. The topological polar surface area (TPSA) is 65.1 Å². The van der Waals surface area contributed by atoms with Crippen LogP contribution in [0, 0.1) is 17.0 Å². The number of rotatable bonds is 4. The predicted molar refractivity (Wildman–Crippen MR) is 111 cm³/mol. The first-order valence-corrected chi connectivity index (χ1v) is 8.96. The number of benzene rings is 3. The van der Waals surface area contributed by atoms with E-state index >= 15 is 0 Å². The number of aromatic nitrogens is 1. The van der Waals surface area contributed by atoms with Gasteiger partial charge in [-0.3, -0.25) is 14.9 Å². The van der Waals surface area contributed by atoms with E-state index in [4.69, 9.17) is 0 Å². The molecule has 0 unspecified atom stereocenters. The summed E-state index contributed by atoms with van der Waals surface area (Å²) in [5.41, 5.74) is 4.01. The number of non-ortho nitro benzene ring substituents is 1. The quantitative estimate of drug-likeness (QED) is 0.378. The molecule has 4 aromatic rings. The van der Waals surface area contributed by atoms with Crippen LogP contribution in [0.3, 0.4) is 0 Å². The van der Waals surface area contributed by atoms with Gasteiger partial charge in [0, 0.05) is 17.7 Å². The van der Waals surface area contributed by atoms with Gasteiger partial charge in [-0.1, -0.05) is 60.2 Å². The Balaban J connectivity index is 1.90. The third-order valence-corrected chi connectivity index (χ3v) is 4.83. The fourth-order valence-electron chi connectivity index (χ4n) is 3.38. The summed E-state index contributed by atoms with van der Waals surface area (Å²) in [6.07, 6.45) is 0. The molecule has 1 aromatic heterocycles. The Bertz CT molecular complexity index is 1240. The Morgan fingerprint density at radius 2 is 1.68 bits per heavy atom. The summed E-state index contributed by atoms with van der Waals surface area (Å²) in [6, 6.07) is 23.8. The van der Waals surface area contributed by atoms with E-state index in [1.165, 1.54) is 12.1 Å². The van der Waals surface area contributed by atoms with Gasteiger partial charge in [0.2, 0.25) is 0 Å². The molecule has 138 valence electrons.